The van der Waals surface area contributed by atoms with E-state index >= 15 is 0 Å². The maximum atomic E-state index is 12.9. The smallest absolute Gasteiger partial charge is 0.306 e. The first-order valence-electron chi connectivity index (χ1n) is 29.4. The van der Waals surface area contributed by atoms with Gasteiger partial charge in [0.05, 0.1) is 0 Å². The Balaban J connectivity index is 4.48. The molecule has 0 bridgehead atoms. The van der Waals surface area contributed by atoms with E-state index in [1.807, 2.05) is 0 Å². The molecule has 0 aromatic heterocycles. The molecule has 0 aliphatic carbocycles. The largest absolute Gasteiger partial charge is 0.462 e. The third-order valence-electron chi connectivity index (χ3n) is 12.2. The normalized spacial score (nSPS) is 12.9. The molecule has 0 saturated carbocycles. The molecule has 0 heterocycles. The lowest BCUT2D eigenvalue weighted by Crippen LogP contribution is -2.30. The van der Waals surface area contributed by atoms with Crippen LogP contribution in [-0.4, -0.2) is 37.2 Å². The van der Waals surface area contributed by atoms with Gasteiger partial charge >= 0.3 is 17.9 Å². The lowest BCUT2D eigenvalue weighted by atomic mass is 10.1. The molecule has 0 spiro atoms. The maximum absolute atomic E-state index is 12.9. The van der Waals surface area contributed by atoms with Gasteiger partial charge in [0.1, 0.15) is 13.2 Å². The van der Waals surface area contributed by atoms with Crippen molar-refractivity contribution < 1.29 is 28.6 Å². The van der Waals surface area contributed by atoms with Crippen LogP contribution < -0.4 is 0 Å². The van der Waals surface area contributed by atoms with Crippen LogP contribution in [0.5, 0.6) is 0 Å². The Kier molecular flexibility index (Phi) is 55.4. The summed E-state index contributed by atoms with van der Waals surface area (Å²) in [5.74, 6) is -0.940. The van der Waals surface area contributed by atoms with Crippen LogP contribution in [0.2, 0.25) is 0 Å². The summed E-state index contributed by atoms with van der Waals surface area (Å²) in [7, 11) is 0. The highest BCUT2D eigenvalue weighted by molar-refractivity contribution is 5.71. The van der Waals surface area contributed by atoms with Gasteiger partial charge in [-0.3, -0.25) is 14.4 Å². The third-order valence-corrected chi connectivity index (χ3v) is 12.2. The fourth-order valence-electron chi connectivity index (χ4n) is 7.82. The van der Waals surface area contributed by atoms with Crippen LogP contribution in [0, 0.1) is 0 Å². The van der Waals surface area contributed by atoms with Gasteiger partial charge in [-0.05, 0) is 128 Å². The van der Waals surface area contributed by atoms with Gasteiger partial charge in [0.2, 0.25) is 0 Å². The number of allylic oxidation sites excluding steroid dienone is 18. The monoisotopic (exact) mass is 985 g/mol. The van der Waals surface area contributed by atoms with Crippen LogP contribution in [0.4, 0.5) is 0 Å². The van der Waals surface area contributed by atoms with Gasteiger partial charge in [0, 0.05) is 19.3 Å². The molecule has 0 fully saturated rings. The Morgan fingerprint density at radius 2 is 0.549 bits per heavy atom. The SMILES string of the molecule is CC/C=C\C/C=C\C/C=C\C/C=C\CCCCCCC(=O)OC(COC(=O)CCCCCCCC/C=C\C/C=C\C/C=C\CCCCC)COC(=O)CCCCCCCCC/C=C\C/C=C\CCCCC. The van der Waals surface area contributed by atoms with Gasteiger partial charge in [-0.1, -0.05) is 226 Å². The lowest BCUT2D eigenvalue weighted by molar-refractivity contribution is -0.167. The highest BCUT2D eigenvalue weighted by Crippen LogP contribution is 2.14. The Labute approximate surface area is 438 Å². The zero-order chi connectivity index (χ0) is 51.4. The van der Waals surface area contributed by atoms with E-state index in [4.69, 9.17) is 14.2 Å². The van der Waals surface area contributed by atoms with Crippen LogP contribution in [0.25, 0.3) is 0 Å². The Morgan fingerprint density at radius 1 is 0.296 bits per heavy atom. The summed E-state index contributed by atoms with van der Waals surface area (Å²) in [6.45, 7) is 6.44. The lowest BCUT2D eigenvalue weighted by Gasteiger charge is -2.18. The quantitative estimate of drug-likeness (QED) is 0.0261. The molecule has 0 aliphatic heterocycles. The minimum Gasteiger partial charge on any atom is -0.462 e. The van der Waals surface area contributed by atoms with Gasteiger partial charge in [-0.15, -0.1) is 0 Å². The summed E-state index contributed by atoms with van der Waals surface area (Å²) in [6.07, 6.45) is 79.3. The Morgan fingerprint density at radius 3 is 0.859 bits per heavy atom. The van der Waals surface area contributed by atoms with Gasteiger partial charge in [0.15, 0.2) is 6.10 Å². The second-order valence-corrected chi connectivity index (χ2v) is 19.2. The predicted molar refractivity (Wildman–Crippen MR) is 307 cm³/mol. The van der Waals surface area contributed by atoms with Crippen molar-refractivity contribution in [2.24, 2.45) is 0 Å². The first-order valence-corrected chi connectivity index (χ1v) is 29.4. The molecular formula is C65H108O6. The van der Waals surface area contributed by atoms with Crippen LogP contribution in [0.15, 0.2) is 109 Å². The van der Waals surface area contributed by atoms with E-state index < -0.39 is 6.10 Å². The van der Waals surface area contributed by atoms with E-state index in [-0.39, 0.29) is 31.1 Å². The highest BCUT2D eigenvalue weighted by Gasteiger charge is 2.19. The summed E-state index contributed by atoms with van der Waals surface area (Å²) in [4.78, 5) is 38.2. The topological polar surface area (TPSA) is 78.9 Å². The number of esters is 3. The minimum absolute atomic E-state index is 0.0981. The van der Waals surface area contributed by atoms with Gasteiger partial charge < -0.3 is 14.2 Å². The van der Waals surface area contributed by atoms with Crippen molar-refractivity contribution in [1.82, 2.24) is 0 Å². The predicted octanol–water partition coefficient (Wildman–Crippen LogP) is 19.9. The molecule has 0 N–H and O–H groups in total. The average molecular weight is 986 g/mol. The highest BCUT2D eigenvalue weighted by atomic mass is 16.6. The van der Waals surface area contributed by atoms with Crippen LogP contribution in [0.1, 0.15) is 265 Å². The van der Waals surface area contributed by atoms with E-state index in [0.29, 0.717) is 19.3 Å². The van der Waals surface area contributed by atoms with Crippen LogP contribution >= 0.6 is 0 Å². The average Bonchev–Trinajstić information content (AvgIpc) is 3.37. The molecule has 6 heteroatoms. The number of rotatable bonds is 52. The summed E-state index contributed by atoms with van der Waals surface area (Å²) in [5, 5.41) is 0. The van der Waals surface area contributed by atoms with Gasteiger partial charge in [-0.25, -0.2) is 0 Å². The molecule has 0 aliphatic rings. The molecular weight excluding hydrogens is 877 g/mol. The van der Waals surface area contributed by atoms with Crippen molar-refractivity contribution in [3.05, 3.63) is 109 Å². The van der Waals surface area contributed by atoms with E-state index in [0.717, 1.165) is 135 Å². The molecule has 1 unspecified atom stereocenters. The fraction of sp³-hybridized carbons (Fsp3) is 0.677. The third kappa shape index (κ3) is 56.9. The second-order valence-electron chi connectivity index (χ2n) is 19.2. The van der Waals surface area contributed by atoms with Crippen LogP contribution in [-0.2, 0) is 28.6 Å². The number of unbranched alkanes of at least 4 members (excludes halogenated alkanes) is 23. The number of carbonyl (C=O) groups is 3. The van der Waals surface area contributed by atoms with Crippen molar-refractivity contribution in [2.45, 2.75) is 271 Å². The molecule has 0 rings (SSSR count). The Hall–Kier alpha value is -3.93. The molecule has 0 radical (unpaired) electrons. The van der Waals surface area contributed by atoms with Crippen molar-refractivity contribution in [2.75, 3.05) is 13.2 Å². The van der Waals surface area contributed by atoms with E-state index in [9.17, 15) is 14.4 Å². The summed E-state index contributed by atoms with van der Waals surface area (Å²) in [5.41, 5.74) is 0. The second kappa shape index (κ2) is 58.6. The van der Waals surface area contributed by atoms with E-state index in [1.54, 1.807) is 0 Å². The van der Waals surface area contributed by atoms with Gasteiger partial charge in [-0.2, -0.15) is 0 Å². The molecule has 71 heavy (non-hydrogen) atoms. The van der Waals surface area contributed by atoms with Crippen molar-refractivity contribution in [3.63, 3.8) is 0 Å². The molecule has 0 aromatic carbocycles. The van der Waals surface area contributed by atoms with Crippen LogP contribution in [0.3, 0.4) is 0 Å². The number of carbonyl (C=O) groups excluding carboxylic acids is 3. The van der Waals surface area contributed by atoms with Crippen molar-refractivity contribution in [1.29, 1.82) is 0 Å². The first kappa shape index (κ1) is 67.1. The maximum Gasteiger partial charge on any atom is 0.306 e. The summed E-state index contributed by atoms with van der Waals surface area (Å²) >= 11 is 0. The minimum atomic E-state index is -0.803. The first-order chi connectivity index (χ1) is 35.0. The number of hydrogen-bond acceptors (Lipinski definition) is 6. The zero-order valence-electron chi connectivity index (χ0n) is 46.2. The molecule has 0 amide bonds. The van der Waals surface area contributed by atoms with Crippen molar-refractivity contribution in [3.8, 4) is 0 Å². The Bertz CT molecular complexity index is 1460. The van der Waals surface area contributed by atoms with Gasteiger partial charge in [0.25, 0.3) is 0 Å². The van der Waals surface area contributed by atoms with Crippen molar-refractivity contribution >= 4 is 17.9 Å². The fourth-order valence-corrected chi connectivity index (χ4v) is 7.82. The summed E-state index contributed by atoms with van der Waals surface area (Å²) < 4.78 is 16.9. The standard InChI is InChI=1S/C65H108O6/c1-4-7-10-13-16-19-22-25-28-31-32-35-37-40-43-46-49-52-55-58-64(67)70-61-62(71-65(68)59-56-53-50-47-44-41-38-34-30-27-24-21-18-15-12-9-6-3)60-69-63(66)57-54-51-48-45-42-39-36-33-29-26-23-20-17-14-11-8-5-2/h9,12,16-21,25-30,32,35,38,41,62H,4-8,10-11,13-15,22-24,31,33-34,36-37,39-40,42-61H2,1-3H3/b12-9-,19-16-,20-17-,21-18-,28-25-,29-26-,30-27-,35-32-,41-38-. The molecule has 0 saturated heterocycles. The molecule has 0 aromatic rings. The summed E-state index contributed by atoms with van der Waals surface area (Å²) in [6, 6.07) is 0. The number of hydrogen-bond donors (Lipinski definition) is 0. The molecule has 404 valence electrons. The zero-order valence-corrected chi connectivity index (χ0v) is 46.2. The van der Waals surface area contributed by atoms with E-state index in [2.05, 4.69) is 130 Å². The molecule has 1 atom stereocenters. The number of ether oxygens (including phenoxy) is 3. The van der Waals surface area contributed by atoms with E-state index in [1.165, 1.54) is 89.9 Å². The molecule has 6 nitrogen and oxygen atoms in total.